The van der Waals surface area contributed by atoms with Crippen LogP contribution in [-0.2, 0) is 4.79 Å². The van der Waals surface area contributed by atoms with Crippen LogP contribution in [0.25, 0.3) is 0 Å². The van der Waals surface area contributed by atoms with Crippen LogP contribution < -0.4 is 5.32 Å². The van der Waals surface area contributed by atoms with Gasteiger partial charge < -0.3 is 0 Å². The van der Waals surface area contributed by atoms with Gasteiger partial charge >= 0.3 is 0 Å². The number of rotatable bonds is 1. The normalized spacial score (nSPS) is 9.77. The predicted octanol–water partition coefficient (Wildman–Crippen LogP) is 0.205. The summed E-state index contributed by atoms with van der Waals surface area (Å²) < 4.78 is 1.13. The zero-order valence-corrected chi connectivity index (χ0v) is 7.66. The SMILES string of the molecule is CC(=O)Nc1nc(C)n(C(C)=O)n1. The molecule has 0 atom stereocenters. The molecule has 70 valence electrons. The lowest BCUT2D eigenvalue weighted by molar-refractivity contribution is -0.114. The summed E-state index contributed by atoms with van der Waals surface area (Å²) in [5.41, 5.74) is 0. The average molecular weight is 182 g/mol. The second-order valence-corrected chi connectivity index (χ2v) is 2.59. The minimum Gasteiger partial charge on any atom is -0.293 e. The van der Waals surface area contributed by atoms with Crippen molar-refractivity contribution in [3.8, 4) is 0 Å². The minimum absolute atomic E-state index is 0.153. The Balaban J connectivity index is 2.95. The molecule has 0 spiro atoms. The monoisotopic (exact) mass is 182 g/mol. The summed E-state index contributed by atoms with van der Waals surface area (Å²) >= 11 is 0. The Labute approximate surface area is 75.0 Å². The number of anilines is 1. The van der Waals surface area contributed by atoms with Crippen molar-refractivity contribution in [2.75, 3.05) is 5.32 Å². The highest BCUT2D eigenvalue weighted by Gasteiger charge is 2.09. The van der Waals surface area contributed by atoms with E-state index in [4.69, 9.17) is 0 Å². The molecule has 0 aliphatic carbocycles. The van der Waals surface area contributed by atoms with E-state index in [9.17, 15) is 9.59 Å². The molecule has 1 heterocycles. The van der Waals surface area contributed by atoms with Gasteiger partial charge in [-0.1, -0.05) is 0 Å². The van der Waals surface area contributed by atoms with Crippen LogP contribution in [0.1, 0.15) is 24.5 Å². The number of hydrogen-bond acceptors (Lipinski definition) is 4. The molecule has 1 aromatic heterocycles. The molecule has 0 aliphatic heterocycles. The van der Waals surface area contributed by atoms with Gasteiger partial charge in [-0.15, -0.1) is 5.10 Å². The van der Waals surface area contributed by atoms with Gasteiger partial charge in [0.05, 0.1) is 0 Å². The summed E-state index contributed by atoms with van der Waals surface area (Å²) in [7, 11) is 0. The van der Waals surface area contributed by atoms with Crippen molar-refractivity contribution >= 4 is 17.8 Å². The van der Waals surface area contributed by atoms with Crippen molar-refractivity contribution in [1.29, 1.82) is 0 Å². The van der Waals surface area contributed by atoms with Gasteiger partial charge in [-0.2, -0.15) is 9.67 Å². The second-order valence-electron chi connectivity index (χ2n) is 2.59. The molecule has 0 bridgehead atoms. The van der Waals surface area contributed by atoms with Crippen molar-refractivity contribution in [2.24, 2.45) is 0 Å². The first kappa shape index (κ1) is 9.37. The Kier molecular flexibility index (Phi) is 2.41. The summed E-state index contributed by atoms with van der Waals surface area (Å²) in [6.45, 7) is 4.36. The van der Waals surface area contributed by atoms with E-state index in [1.165, 1.54) is 13.8 Å². The van der Waals surface area contributed by atoms with Gasteiger partial charge in [0.15, 0.2) is 0 Å². The fourth-order valence-corrected chi connectivity index (χ4v) is 0.899. The molecule has 1 rings (SSSR count). The second kappa shape index (κ2) is 3.34. The first-order valence-electron chi connectivity index (χ1n) is 3.73. The molecule has 1 aromatic rings. The van der Waals surface area contributed by atoms with Crippen molar-refractivity contribution in [3.05, 3.63) is 5.82 Å². The number of aromatic nitrogens is 3. The van der Waals surface area contributed by atoms with Gasteiger partial charge in [0, 0.05) is 13.8 Å². The van der Waals surface area contributed by atoms with Crippen molar-refractivity contribution in [3.63, 3.8) is 0 Å². The van der Waals surface area contributed by atoms with E-state index in [1.54, 1.807) is 6.92 Å². The molecule has 0 unspecified atom stereocenters. The van der Waals surface area contributed by atoms with E-state index in [0.717, 1.165) is 4.68 Å². The lowest BCUT2D eigenvalue weighted by atomic mass is 10.6. The first-order chi connectivity index (χ1) is 6.00. The van der Waals surface area contributed by atoms with Gasteiger partial charge in [0.25, 0.3) is 0 Å². The summed E-state index contributed by atoms with van der Waals surface area (Å²) in [6, 6.07) is 0. The summed E-state index contributed by atoms with van der Waals surface area (Å²) in [6.07, 6.45) is 0. The van der Waals surface area contributed by atoms with Gasteiger partial charge in [-0.3, -0.25) is 14.9 Å². The van der Waals surface area contributed by atoms with Crippen LogP contribution in [0, 0.1) is 6.92 Å². The van der Waals surface area contributed by atoms with Crippen LogP contribution in [0.3, 0.4) is 0 Å². The van der Waals surface area contributed by atoms with Crippen molar-refractivity contribution in [2.45, 2.75) is 20.8 Å². The largest absolute Gasteiger partial charge is 0.293 e. The van der Waals surface area contributed by atoms with Crippen LogP contribution in [0.5, 0.6) is 0 Å². The molecule has 0 saturated carbocycles. The Morgan fingerprint density at radius 3 is 2.38 bits per heavy atom. The fourth-order valence-electron chi connectivity index (χ4n) is 0.899. The number of nitrogens with one attached hydrogen (secondary N) is 1. The molecule has 0 aromatic carbocycles. The maximum absolute atomic E-state index is 10.9. The number of carbonyl (C=O) groups excluding carboxylic acids is 2. The minimum atomic E-state index is -0.263. The molecule has 6 nitrogen and oxygen atoms in total. The standard InChI is InChI=1S/C7H10N4O2/c1-4-8-7(9-5(2)12)10-11(4)6(3)13/h1-3H3,(H,9,10,12). The smallest absolute Gasteiger partial charge is 0.249 e. The lowest BCUT2D eigenvalue weighted by Gasteiger charge is -1.93. The van der Waals surface area contributed by atoms with E-state index in [2.05, 4.69) is 15.4 Å². The highest BCUT2D eigenvalue weighted by atomic mass is 16.2. The zero-order chi connectivity index (χ0) is 10.0. The van der Waals surface area contributed by atoms with Crippen LogP contribution in [0.15, 0.2) is 0 Å². The summed E-state index contributed by atoms with van der Waals surface area (Å²) in [5, 5.41) is 6.16. The van der Waals surface area contributed by atoms with E-state index < -0.39 is 0 Å². The fraction of sp³-hybridized carbons (Fsp3) is 0.429. The Hall–Kier alpha value is -1.72. The molecule has 0 fully saturated rings. The lowest BCUT2D eigenvalue weighted by Crippen LogP contribution is -2.11. The molecule has 0 saturated heterocycles. The Bertz CT molecular complexity index is 355. The number of hydrogen-bond donors (Lipinski definition) is 1. The van der Waals surface area contributed by atoms with Crippen molar-refractivity contribution < 1.29 is 9.59 Å². The van der Waals surface area contributed by atoms with Crippen LogP contribution in [-0.4, -0.2) is 26.6 Å². The van der Waals surface area contributed by atoms with Crippen molar-refractivity contribution in [1.82, 2.24) is 14.8 Å². The van der Waals surface area contributed by atoms with E-state index in [-0.39, 0.29) is 17.8 Å². The molecule has 0 aliphatic rings. The molecule has 13 heavy (non-hydrogen) atoms. The van der Waals surface area contributed by atoms with Crippen LogP contribution >= 0.6 is 0 Å². The van der Waals surface area contributed by atoms with Crippen LogP contribution in [0.2, 0.25) is 0 Å². The van der Waals surface area contributed by atoms with Gasteiger partial charge in [0.1, 0.15) is 5.82 Å². The third kappa shape index (κ3) is 2.11. The Morgan fingerprint density at radius 1 is 1.38 bits per heavy atom. The summed E-state index contributed by atoms with van der Waals surface area (Å²) in [4.78, 5) is 25.4. The third-order valence-corrected chi connectivity index (χ3v) is 1.36. The molecule has 0 radical (unpaired) electrons. The zero-order valence-electron chi connectivity index (χ0n) is 7.66. The average Bonchev–Trinajstić information content (AvgIpc) is 2.29. The molecule has 6 heteroatoms. The number of nitrogens with zero attached hydrogens (tertiary/aromatic N) is 3. The highest BCUT2D eigenvalue weighted by molar-refractivity contribution is 5.87. The Morgan fingerprint density at radius 2 is 2.00 bits per heavy atom. The van der Waals surface area contributed by atoms with E-state index in [0.29, 0.717) is 5.82 Å². The molecule has 1 N–H and O–H groups in total. The molecular formula is C7H10N4O2. The quantitative estimate of drug-likeness (QED) is 0.673. The highest BCUT2D eigenvalue weighted by Crippen LogP contribution is 2.01. The third-order valence-electron chi connectivity index (χ3n) is 1.36. The van der Waals surface area contributed by atoms with Gasteiger partial charge in [0.2, 0.25) is 17.8 Å². The summed E-state index contributed by atoms with van der Waals surface area (Å²) in [5.74, 6) is 0.110. The van der Waals surface area contributed by atoms with Crippen LogP contribution in [0.4, 0.5) is 5.95 Å². The van der Waals surface area contributed by atoms with E-state index in [1.807, 2.05) is 0 Å². The maximum Gasteiger partial charge on any atom is 0.249 e. The predicted molar refractivity (Wildman–Crippen MR) is 45.4 cm³/mol. The van der Waals surface area contributed by atoms with Gasteiger partial charge in [-0.25, -0.2) is 0 Å². The topological polar surface area (TPSA) is 76.9 Å². The number of aryl methyl sites for hydroxylation is 1. The molecule has 1 amide bonds. The maximum atomic E-state index is 10.9. The number of carbonyl (C=O) groups is 2. The van der Waals surface area contributed by atoms with E-state index >= 15 is 0 Å². The van der Waals surface area contributed by atoms with Gasteiger partial charge in [-0.05, 0) is 6.92 Å². The number of amides is 1. The molecular weight excluding hydrogens is 172 g/mol. The first-order valence-corrected chi connectivity index (χ1v) is 3.73.